The van der Waals surface area contributed by atoms with Gasteiger partial charge in [0.05, 0.1) is 16.7 Å². The fourth-order valence-corrected chi connectivity index (χ4v) is 6.12. The number of nitrogens with zero attached hydrogens (tertiary/aromatic N) is 2. The van der Waals surface area contributed by atoms with Crippen molar-refractivity contribution in [3.05, 3.63) is 132 Å². The molecule has 0 atom stereocenters. The molecule has 5 aromatic rings. The third kappa shape index (κ3) is 5.37. The average Bonchev–Trinajstić information content (AvgIpc) is 3.02. The van der Waals surface area contributed by atoms with Crippen molar-refractivity contribution in [2.45, 2.75) is 43.9 Å². The van der Waals surface area contributed by atoms with Crippen LogP contribution in [-0.2, 0) is 12.1 Å². The van der Waals surface area contributed by atoms with Gasteiger partial charge in [-0.05, 0) is 72.5 Å². The number of halogens is 1. The van der Waals surface area contributed by atoms with Crippen molar-refractivity contribution in [1.29, 1.82) is 0 Å². The van der Waals surface area contributed by atoms with Gasteiger partial charge in [-0.1, -0.05) is 90.5 Å². The highest BCUT2D eigenvalue weighted by Crippen LogP contribution is 2.45. The summed E-state index contributed by atoms with van der Waals surface area (Å²) >= 11 is 6.78. The van der Waals surface area contributed by atoms with E-state index < -0.39 is 0 Å². The Hall–Kier alpha value is -4.02. The summed E-state index contributed by atoms with van der Waals surface area (Å²) in [6.45, 7) is 0.450. The lowest BCUT2D eigenvalue weighted by Crippen LogP contribution is -2.48. The van der Waals surface area contributed by atoms with Gasteiger partial charge in [0.25, 0.3) is 0 Å². The summed E-state index contributed by atoms with van der Waals surface area (Å²) in [5, 5.41) is 2.45. The summed E-state index contributed by atoms with van der Waals surface area (Å²) in [5.74, 6) is 1.28. The van der Waals surface area contributed by atoms with E-state index in [4.69, 9.17) is 21.1 Å². The molecular formula is C35H33ClN2O2. The van der Waals surface area contributed by atoms with E-state index in [2.05, 4.69) is 77.6 Å². The Balaban J connectivity index is 1.20. The van der Waals surface area contributed by atoms with Gasteiger partial charge in [-0.3, -0.25) is 0 Å². The van der Waals surface area contributed by atoms with Crippen molar-refractivity contribution >= 4 is 28.1 Å². The Labute approximate surface area is 241 Å². The smallest absolute Gasteiger partial charge is 0.221 e. The van der Waals surface area contributed by atoms with Crippen LogP contribution in [0.2, 0.25) is 5.02 Å². The van der Waals surface area contributed by atoms with Crippen molar-refractivity contribution in [3.63, 3.8) is 0 Å². The summed E-state index contributed by atoms with van der Waals surface area (Å²) in [4.78, 5) is 6.92. The van der Waals surface area contributed by atoms with Crippen LogP contribution >= 0.6 is 11.6 Å². The second kappa shape index (κ2) is 11.6. The molecule has 6 rings (SSSR count). The fraction of sp³-hybridized carbons (Fsp3) is 0.229. The SMILES string of the molecule is CN(c1ccccc1)C1(c2ccccc2)CCC(Oc2cc3ccnc(OCc4ccccc4)c3cc2Cl)CC1. The number of aromatic nitrogens is 1. The summed E-state index contributed by atoms with van der Waals surface area (Å²) < 4.78 is 12.6. The minimum atomic E-state index is -0.0910. The highest BCUT2D eigenvalue weighted by Gasteiger charge is 2.41. The number of hydrogen-bond acceptors (Lipinski definition) is 4. The average molecular weight is 549 g/mol. The van der Waals surface area contributed by atoms with Crippen LogP contribution in [0.4, 0.5) is 5.69 Å². The zero-order valence-electron chi connectivity index (χ0n) is 22.7. The molecule has 202 valence electrons. The molecule has 0 bridgehead atoms. The monoisotopic (exact) mass is 548 g/mol. The molecule has 0 amide bonds. The molecular weight excluding hydrogens is 516 g/mol. The number of para-hydroxylation sites is 1. The third-order valence-corrected chi connectivity index (χ3v) is 8.44. The first-order valence-electron chi connectivity index (χ1n) is 13.9. The lowest BCUT2D eigenvalue weighted by molar-refractivity contribution is 0.116. The van der Waals surface area contributed by atoms with Crippen LogP contribution in [0.1, 0.15) is 36.8 Å². The molecule has 1 aliphatic carbocycles. The Morgan fingerprint density at radius 1 is 0.850 bits per heavy atom. The number of fused-ring (bicyclic) bond motifs is 1. The highest BCUT2D eigenvalue weighted by atomic mass is 35.5. The number of benzene rings is 4. The maximum absolute atomic E-state index is 6.78. The molecule has 0 N–H and O–H groups in total. The van der Waals surface area contributed by atoms with Crippen LogP contribution in [0.5, 0.6) is 11.6 Å². The van der Waals surface area contributed by atoms with E-state index in [9.17, 15) is 0 Å². The van der Waals surface area contributed by atoms with Crippen LogP contribution in [0.15, 0.2) is 115 Å². The van der Waals surface area contributed by atoms with E-state index in [0.29, 0.717) is 23.3 Å². The zero-order valence-corrected chi connectivity index (χ0v) is 23.4. The van der Waals surface area contributed by atoms with E-state index >= 15 is 0 Å². The predicted octanol–water partition coefficient (Wildman–Crippen LogP) is 8.82. The molecule has 4 nitrogen and oxygen atoms in total. The molecule has 0 spiro atoms. The zero-order chi connectivity index (χ0) is 27.4. The van der Waals surface area contributed by atoms with E-state index in [-0.39, 0.29) is 11.6 Å². The number of rotatable bonds is 8. The van der Waals surface area contributed by atoms with Crippen LogP contribution in [0.3, 0.4) is 0 Å². The summed E-state index contributed by atoms with van der Waals surface area (Å²) in [6, 6.07) is 37.5. The largest absolute Gasteiger partial charge is 0.489 e. The maximum Gasteiger partial charge on any atom is 0.221 e. The molecule has 1 saturated carbocycles. The normalized spacial score (nSPS) is 18.8. The Bertz CT molecular complexity index is 1550. The molecule has 1 aliphatic rings. The summed E-state index contributed by atoms with van der Waals surface area (Å²) in [5.41, 5.74) is 3.57. The van der Waals surface area contributed by atoms with Crippen molar-refractivity contribution < 1.29 is 9.47 Å². The summed E-state index contributed by atoms with van der Waals surface area (Å²) in [7, 11) is 2.22. The molecule has 0 aliphatic heterocycles. The van der Waals surface area contributed by atoms with Gasteiger partial charge in [0.2, 0.25) is 5.88 Å². The standard InChI is InChI=1S/C35H33ClN2O2/c1-38(29-15-9-4-10-16-29)35(28-13-7-3-8-14-28)20-17-30(18-21-35)40-33-23-27-19-22-37-34(31(27)24-32(33)36)39-25-26-11-5-2-6-12-26/h2-16,19,22-24,30H,17-18,20-21,25H2,1H3. The number of hydrogen-bond donors (Lipinski definition) is 0. The number of anilines is 1. The van der Waals surface area contributed by atoms with E-state index in [0.717, 1.165) is 42.0 Å². The Morgan fingerprint density at radius 2 is 1.50 bits per heavy atom. The molecule has 0 saturated heterocycles. The van der Waals surface area contributed by atoms with Crippen molar-refractivity contribution in [2.24, 2.45) is 0 Å². The van der Waals surface area contributed by atoms with Crippen LogP contribution in [-0.4, -0.2) is 18.1 Å². The molecule has 0 unspecified atom stereocenters. The van der Waals surface area contributed by atoms with Crippen LogP contribution in [0, 0.1) is 0 Å². The second-order valence-corrected chi connectivity index (χ2v) is 10.9. The highest BCUT2D eigenvalue weighted by molar-refractivity contribution is 6.33. The van der Waals surface area contributed by atoms with E-state index in [1.165, 1.54) is 11.3 Å². The van der Waals surface area contributed by atoms with Crippen molar-refractivity contribution in [1.82, 2.24) is 4.98 Å². The van der Waals surface area contributed by atoms with E-state index in [1.54, 1.807) is 6.20 Å². The van der Waals surface area contributed by atoms with Crippen LogP contribution < -0.4 is 14.4 Å². The fourth-order valence-electron chi connectivity index (χ4n) is 5.91. The summed E-state index contributed by atoms with van der Waals surface area (Å²) in [6.07, 6.45) is 5.70. The lowest BCUT2D eigenvalue weighted by Gasteiger charge is -2.48. The van der Waals surface area contributed by atoms with Gasteiger partial charge >= 0.3 is 0 Å². The van der Waals surface area contributed by atoms with Gasteiger partial charge in [-0.15, -0.1) is 0 Å². The first-order valence-corrected chi connectivity index (χ1v) is 14.3. The molecule has 1 aromatic heterocycles. The Kier molecular flexibility index (Phi) is 7.61. The first kappa shape index (κ1) is 26.2. The number of pyridine rings is 1. The van der Waals surface area contributed by atoms with Gasteiger partial charge in [0, 0.05) is 24.3 Å². The number of ether oxygens (including phenoxy) is 2. The van der Waals surface area contributed by atoms with Crippen LogP contribution in [0.25, 0.3) is 10.8 Å². The molecule has 5 heteroatoms. The Morgan fingerprint density at radius 3 is 2.20 bits per heavy atom. The third-order valence-electron chi connectivity index (χ3n) is 8.15. The quantitative estimate of drug-likeness (QED) is 0.194. The van der Waals surface area contributed by atoms with Crippen molar-refractivity contribution in [3.8, 4) is 11.6 Å². The topological polar surface area (TPSA) is 34.6 Å². The lowest BCUT2D eigenvalue weighted by atomic mass is 9.74. The van der Waals surface area contributed by atoms with Gasteiger partial charge in [0.1, 0.15) is 12.4 Å². The molecule has 1 heterocycles. The van der Waals surface area contributed by atoms with Gasteiger partial charge in [0.15, 0.2) is 0 Å². The second-order valence-electron chi connectivity index (χ2n) is 10.5. The maximum atomic E-state index is 6.78. The molecule has 0 radical (unpaired) electrons. The first-order chi connectivity index (χ1) is 19.6. The predicted molar refractivity (Wildman–Crippen MR) is 163 cm³/mol. The molecule has 4 aromatic carbocycles. The van der Waals surface area contributed by atoms with E-state index in [1.807, 2.05) is 48.5 Å². The van der Waals surface area contributed by atoms with Crippen molar-refractivity contribution in [2.75, 3.05) is 11.9 Å². The minimum Gasteiger partial charge on any atom is -0.489 e. The molecule has 1 fully saturated rings. The molecule has 40 heavy (non-hydrogen) atoms. The van der Waals surface area contributed by atoms with Gasteiger partial charge < -0.3 is 14.4 Å². The van der Waals surface area contributed by atoms with Gasteiger partial charge in [-0.2, -0.15) is 0 Å². The minimum absolute atomic E-state index is 0.0894. The van der Waals surface area contributed by atoms with Gasteiger partial charge in [-0.25, -0.2) is 4.98 Å².